The van der Waals surface area contributed by atoms with Crippen LogP contribution in [0.4, 0.5) is 5.69 Å². The van der Waals surface area contributed by atoms with Gasteiger partial charge in [-0.2, -0.15) is 0 Å². The zero-order chi connectivity index (χ0) is 15.2. The fraction of sp³-hybridized carbons (Fsp3) is 0.412. The number of hydrogen-bond donors (Lipinski definition) is 0. The molecule has 112 valence electrons. The molecule has 0 N–H and O–H groups in total. The molecule has 1 saturated heterocycles. The van der Waals surface area contributed by atoms with Gasteiger partial charge in [0, 0.05) is 10.0 Å². The lowest BCUT2D eigenvalue weighted by molar-refractivity contribution is -0.124. The molecule has 2 bridgehead atoms. The molecule has 1 aliphatic heterocycles. The Labute approximate surface area is 137 Å². The Morgan fingerprint density at radius 3 is 1.86 bits per heavy atom. The number of carbonyl (C=O) groups is 2. The van der Waals surface area contributed by atoms with Crippen LogP contribution in [0.15, 0.2) is 30.4 Å². The summed E-state index contributed by atoms with van der Waals surface area (Å²) in [6, 6.07) is 4.87. The Balaban J connectivity index is 1.60. The highest BCUT2D eigenvalue weighted by molar-refractivity contribution is 6.35. The average molecular weight is 334 g/mol. The van der Waals surface area contributed by atoms with Crippen molar-refractivity contribution >= 4 is 40.7 Å². The van der Waals surface area contributed by atoms with Crippen molar-refractivity contribution < 1.29 is 9.59 Å². The molecule has 0 unspecified atom stereocenters. The quantitative estimate of drug-likeness (QED) is 0.582. The van der Waals surface area contributed by atoms with E-state index in [4.69, 9.17) is 23.2 Å². The summed E-state index contributed by atoms with van der Waals surface area (Å²) in [4.78, 5) is 27.1. The lowest BCUT2D eigenvalue weighted by Crippen LogP contribution is -2.40. The Hall–Kier alpha value is -1.32. The average Bonchev–Trinajstić information content (AvgIpc) is 3.23. The molecule has 1 aromatic rings. The van der Waals surface area contributed by atoms with Crippen LogP contribution in [-0.2, 0) is 9.59 Å². The number of benzene rings is 1. The molecule has 22 heavy (non-hydrogen) atoms. The molecule has 6 atom stereocenters. The maximum Gasteiger partial charge on any atom is 0.238 e. The monoisotopic (exact) mass is 333 g/mol. The zero-order valence-electron chi connectivity index (χ0n) is 11.6. The van der Waals surface area contributed by atoms with Gasteiger partial charge in [-0.25, -0.2) is 4.90 Å². The van der Waals surface area contributed by atoms with Gasteiger partial charge in [0.25, 0.3) is 0 Å². The molecule has 0 spiro atoms. The van der Waals surface area contributed by atoms with E-state index in [0.29, 0.717) is 27.6 Å². The van der Waals surface area contributed by atoms with Crippen molar-refractivity contribution in [3.63, 3.8) is 0 Å². The highest BCUT2D eigenvalue weighted by atomic mass is 35.5. The van der Waals surface area contributed by atoms with Crippen LogP contribution >= 0.6 is 23.2 Å². The van der Waals surface area contributed by atoms with E-state index in [1.807, 2.05) is 0 Å². The van der Waals surface area contributed by atoms with Crippen LogP contribution in [0.1, 0.15) is 6.42 Å². The van der Waals surface area contributed by atoms with Crippen molar-refractivity contribution in [3.8, 4) is 0 Å². The van der Waals surface area contributed by atoms with Gasteiger partial charge in [0.05, 0.1) is 17.5 Å². The van der Waals surface area contributed by atoms with Gasteiger partial charge in [0.1, 0.15) is 0 Å². The van der Waals surface area contributed by atoms with Crippen LogP contribution in [0.3, 0.4) is 0 Å². The molecule has 1 heterocycles. The molecule has 0 aromatic heterocycles. The van der Waals surface area contributed by atoms with Crippen LogP contribution in [0.2, 0.25) is 10.0 Å². The fourth-order valence-electron chi connectivity index (χ4n) is 4.88. The normalized spacial score (nSPS) is 40.9. The van der Waals surface area contributed by atoms with Gasteiger partial charge in [-0.1, -0.05) is 35.4 Å². The minimum absolute atomic E-state index is 0.0852. The SMILES string of the molecule is O=C1[C@@H]2[C@H]3C=C[C@H]([C@H]4C[C@@H]34)[C@@H]2C(=O)N1c1cc(Cl)cc(Cl)c1. The van der Waals surface area contributed by atoms with E-state index >= 15 is 0 Å². The molecule has 5 heteroatoms. The summed E-state index contributed by atoms with van der Waals surface area (Å²) < 4.78 is 0. The number of amides is 2. The van der Waals surface area contributed by atoms with Crippen molar-refractivity contribution in [2.45, 2.75) is 6.42 Å². The first kappa shape index (κ1) is 13.1. The van der Waals surface area contributed by atoms with Crippen LogP contribution in [0, 0.1) is 35.5 Å². The summed E-state index contributed by atoms with van der Waals surface area (Å²) in [7, 11) is 0. The molecule has 4 aliphatic carbocycles. The number of rotatable bonds is 1. The first-order chi connectivity index (χ1) is 10.6. The molecule has 3 nitrogen and oxygen atoms in total. The van der Waals surface area contributed by atoms with Gasteiger partial charge in [0.15, 0.2) is 0 Å². The Bertz CT molecular complexity index is 703. The maximum atomic E-state index is 12.9. The third-order valence-electron chi connectivity index (χ3n) is 5.77. The number of imide groups is 1. The van der Waals surface area contributed by atoms with Crippen molar-refractivity contribution in [2.24, 2.45) is 35.5 Å². The smallest absolute Gasteiger partial charge is 0.238 e. The highest BCUT2D eigenvalue weighted by Crippen LogP contribution is 2.65. The summed E-state index contributed by atoms with van der Waals surface area (Å²) in [5.41, 5.74) is 0.495. The molecule has 1 aromatic carbocycles. The van der Waals surface area contributed by atoms with E-state index in [-0.39, 0.29) is 35.5 Å². The van der Waals surface area contributed by atoms with Gasteiger partial charge in [-0.15, -0.1) is 0 Å². The maximum absolute atomic E-state index is 12.9. The van der Waals surface area contributed by atoms with Gasteiger partial charge >= 0.3 is 0 Å². The second-order valence-electron chi connectivity index (χ2n) is 6.79. The topological polar surface area (TPSA) is 37.4 Å². The van der Waals surface area contributed by atoms with Crippen molar-refractivity contribution in [1.29, 1.82) is 0 Å². The first-order valence-corrected chi connectivity index (χ1v) is 8.34. The predicted octanol–water partition coefficient (Wildman–Crippen LogP) is 3.55. The molecular weight excluding hydrogens is 321 g/mol. The van der Waals surface area contributed by atoms with E-state index in [0.717, 1.165) is 0 Å². The number of allylic oxidation sites excluding steroid dienone is 2. The van der Waals surface area contributed by atoms with E-state index in [2.05, 4.69) is 12.2 Å². The molecule has 0 radical (unpaired) electrons. The largest absolute Gasteiger partial charge is 0.274 e. The second-order valence-corrected chi connectivity index (χ2v) is 7.67. The third-order valence-corrected chi connectivity index (χ3v) is 6.20. The summed E-state index contributed by atoms with van der Waals surface area (Å²) >= 11 is 12.1. The number of nitrogens with zero attached hydrogens (tertiary/aromatic N) is 1. The Morgan fingerprint density at radius 2 is 1.36 bits per heavy atom. The van der Waals surface area contributed by atoms with E-state index in [1.54, 1.807) is 18.2 Å². The van der Waals surface area contributed by atoms with Crippen molar-refractivity contribution in [3.05, 3.63) is 40.4 Å². The van der Waals surface area contributed by atoms with Crippen LogP contribution in [0.25, 0.3) is 0 Å². The van der Waals surface area contributed by atoms with E-state index < -0.39 is 0 Å². The van der Waals surface area contributed by atoms with Gasteiger partial charge in [-0.05, 0) is 48.3 Å². The second kappa shape index (κ2) is 4.15. The fourth-order valence-corrected chi connectivity index (χ4v) is 5.39. The number of halogens is 2. The minimum Gasteiger partial charge on any atom is -0.274 e. The van der Waals surface area contributed by atoms with Gasteiger partial charge in [-0.3, -0.25) is 9.59 Å². The minimum atomic E-state index is -0.191. The molecule has 5 aliphatic rings. The van der Waals surface area contributed by atoms with Crippen molar-refractivity contribution in [2.75, 3.05) is 4.90 Å². The molecule has 2 saturated carbocycles. The van der Waals surface area contributed by atoms with Gasteiger partial charge in [0.2, 0.25) is 11.8 Å². The lowest BCUT2D eigenvalue weighted by Gasteiger charge is -2.37. The summed E-state index contributed by atoms with van der Waals surface area (Å²) in [5.74, 6) is 1.13. The first-order valence-electron chi connectivity index (χ1n) is 7.58. The summed E-state index contributed by atoms with van der Waals surface area (Å²) in [6.07, 6.45) is 5.50. The summed E-state index contributed by atoms with van der Waals surface area (Å²) in [5, 5.41) is 0.865. The standard InChI is InChI=1S/C17H13Cl2NO2/c18-7-3-8(19)5-9(4-7)20-16(21)14-10-1-2-11(13-6-12(10)13)15(14)17(20)22/h1-5,10-15H,6H2/t10-,11+,12-,13+,14+,15-. The predicted molar refractivity (Wildman–Crippen MR) is 83.7 cm³/mol. The van der Waals surface area contributed by atoms with Crippen LogP contribution in [0.5, 0.6) is 0 Å². The Kier molecular flexibility index (Phi) is 2.48. The lowest BCUT2D eigenvalue weighted by atomic mass is 9.63. The number of anilines is 1. The zero-order valence-corrected chi connectivity index (χ0v) is 13.1. The van der Waals surface area contributed by atoms with E-state index in [9.17, 15) is 9.59 Å². The van der Waals surface area contributed by atoms with Gasteiger partial charge < -0.3 is 0 Å². The molecule has 3 fully saturated rings. The van der Waals surface area contributed by atoms with Crippen LogP contribution in [-0.4, -0.2) is 11.8 Å². The molecular formula is C17H13Cl2NO2. The summed E-state index contributed by atoms with van der Waals surface area (Å²) in [6.45, 7) is 0. The number of hydrogen-bond acceptors (Lipinski definition) is 2. The molecule has 6 rings (SSSR count). The van der Waals surface area contributed by atoms with E-state index in [1.165, 1.54) is 11.3 Å². The third kappa shape index (κ3) is 1.53. The number of carbonyl (C=O) groups excluding carboxylic acids is 2. The van der Waals surface area contributed by atoms with Crippen molar-refractivity contribution in [1.82, 2.24) is 0 Å². The van der Waals surface area contributed by atoms with Crippen LogP contribution < -0.4 is 4.90 Å². The Morgan fingerprint density at radius 1 is 0.864 bits per heavy atom. The molecule has 2 amide bonds. The highest BCUT2D eigenvalue weighted by Gasteiger charge is 2.67.